The van der Waals surface area contributed by atoms with Crippen molar-refractivity contribution in [3.05, 3.63) is 51.9 Å². The number of nitrogen functional groups attached to an aromatic ring is 1. The van der Waals surface area contributed by atoms with Crippen molar-refractivity contribution in [2.75, 3.05) is 11.1 Å². The SMILES string of the molecule is Nc1c(Cl)cc(C(=O)Nc2ccc(F)cn2)cc1Cl. The number of nitrogens with zero attached hydrogens (tertiary/aromatic N) is 1. The lowest BCUT2D eigenvalue weighted by Crippen LogP contribution is -2.13. The van der Waals surface area contributed by atoms with Crippen LogP contribution < -0.4 is 11.1 Å². The summed E-state index contributed by atoms with van der Waals surface area (Å²) in [5.41, 5.74) is 6.01. The van der Waals surface area contributed by atoms with E-state index in [9.17, 15) is 9.18 Å². The standard InChI is InChI=1S/C12H8Cl2FN3O/c13-8-3-6(4-9(14)11(8)16)12(19)18-10-2-1-7(15)5-17-10/h1-5H,16H2,(H,17,18,19). The summed E-state index contributed by atoms with van der Waals surface area (Å²) in [6.45, 7) is 0. The van der Waals surface area contributed by atoms with Crippen LogP contribution in [0.2, 0.25) is 10.0 Å². The summed E-state index contributed by atoms with van der Waals surface area (Å²) in [5.74, 6) is -0.741. The summed E-state index contributed by atoms with van der Waals surface area (Å²) in [6.07, 6.45) is 0.999. The lowest BCUT2D eigenvalue weighted by molar-refractivity contribution is 0.102. The van der Waals surface area contributed by atoms with E-state index >= 15 is 0 Å². The minimum absolute atomic E-state index is 0.185. The molecule has 0 spiro atoms. The molecule has 19 heavy (non-hydrogen) atoms. The Morgan fingerprint density at radius 2 is 1.89 bits per heavy atom. The number of hydrogen-bond acceptors (Lipinski definition) is 3. The van der Waals surface area contributed by atoms with Gasteiger partial charge in [0.05, 0.1) is 21.9 Å². The Hall–Kier alpha value is -1.85. The maximum absolute atomic E-state index is 12.7. The second-order valence-electron chi connectivity index (χ2n) is 3.67. The number of carbonyl (C=O) groups excluding carboxylic acids is 1. The molecule has 4 nitrogen and oxygen atoms in total. The van der Waals surface area contributed by atoms with E-state index in [-0.39, 0.29) is 27.1 Å². The molecule has 1 aromatic heterocycles. The van der Waals surface area contributed by atoms with Crippen LogP contribution in [0.3, 0.4) is 0 Å². The van der Waals surface area contributed by atoms with Crippen molar-refractivity contribution in [2.45, 2.75) is 0 Å². The molecule has 1 heterocycles. The third-order valence-electron chi connectivity index (χ3n) is 2.31. The van der Waals surface area contributed by atoms with E-state index in [1.165, 1.54) is 24.3 Å². The number of nitrogens with two attached hydrogens (primary N) is 1. The van der Waals surface area contributed by atoms with Gasteiger partial charge in [0.25, 0.3) is 5.91 Å². The molecule has 1 aromatic carbocycles. The number of nitrogens with one attached hydrogen (secondary N) is 1. The van der Waals surface area contributed by atoms with E-state index < -0.39 is 11.7 Å². The molecule has 0 aliphatic rings. The summed E-state index contributed by atoms with van der Waals surface area (Å²) in [4.78, 5) is 15.6. The molecule has 0 bridgehead atoms. The first kappa shape index (κ1) is 13.6. The number of aromatic nitrogens is 1. The monoisotopic (exact) mass is 299 g/mol. The van der Waals surface area contributed by atoms with E-state index in [0.717, 1.165) is 6.20 Å². The van der Waals surface area contributed by atoms with Crippen molar-refractivity contribution < 1.29 is 9.18 Å². The van der Waals surface area contributed by atoms with Crippen molar-refractivity contribution >= 4 is 40.6 Å². The maximum Gasteiger partial charge on any atom is 0.256 e. The van der Waals surface area contributed by atoms with Crippen LogP contribution in [0.1, 0.15) is 10.4 Å². The highest BCUT2D eigenvalue weighted by Gasteiger charge is 2.12. The number of amides is 1. The van der Waals surface area contributed by atoms with Crippen molar-refractivity contribution in [3.8, 4) is 0 Å². The Morgan fingerprint density at radius 1 is 1.26 bits per heavy atom. The van der Waals surface area contributed by atoms with E-state index in [1.54, 1.807) is 0 Å². The van der Waals surface area contributed by atoms with Crippen LogP contribution in [0.5, 0.6) is 0 Å². The number of hydrogen-bond donors (Lipinski definition) is 2. The number of rotatable bonds is 2. The topological polar surface area (TPSA) is 68.0 Å². The molecule has 0 unspecified atom stereocenters. The molecule has 0 saturated heterocycles. The largest absolute Gasteiger partial charge is 0.396 e. The van der Waals surface area contributed by atoms with Crippen LogP contribution in [-0.4, -0.2) is 10.9 Å². The van der Waals surface area contributed by atoms with Crippen LogP contribution in [0.25, 0.3) is 0 Å². The zero-order valence-electron chi connectivity index (χ0n) is 9.45. The number of benzene rings is 1. The second-order valence-corrected chi connectivity index (χ2v) is 4.48. The second kappa shape index (κ2) is 5.42. The van der Waals surface area contributed by atoms with Crippen molar-refractivity contribution in [2.24, 2.45) is 0 Å². The van der Waals surface area contributed by atoms with Crippen molar-refractivity contribution in [1.29, 1.82) is 0 Å². The molecule has 2 rings (SSSR count). The number of halogens is 3. The molecular formula is C12H8Cl2FN3O. The molecule has 0 aliphatic heterocycles. The third kappa shape index (κ3) is 3.13. The van der Waals surface area contributed by atoms with Crippen LogP contribution in [0.15, 0.2) is 30.5 Å². The van der Waals surface area contributed by atoms with Gasteiger partial charge in [0.15, 0.2) is 0 Å². The van der Waals surface area contributed by atoms with Gasteiger partial charge in [-0.3, -0.25) is 4.79 Å². The molecule has 3 N–H and O–H groups in total. The Balaban J connectivity index is 2.23. The van der Waals surface area contributed by atoms with Crippen LogP contribution >= 0.6 is 23.2 Å². The summed E-state index contributed by atoms with van der Waals surface area (Å²) in [5, 5.41) is 2.85. The number of pyridine rings is 1. The molecule has 7 heteroatoms. The molecule has 0 aliphatic carbocycles. The van der Waals surface area contributed by atoms with Gasteiger partial charge in [-0.25, -0.2) is 9.37 Å². The Labute approximate surface area is 118 Å². The van der Waals surface area contributed by atoms with Gasteiger partial charge < -0.3 is 11.1 Å². The maximum atomic E-state index is 12.7. The van der Waals surface area contributed by atoms with Crippen molar-refractivity contribution in [1.82, 2.24) is 4.98 Å². The van der Waals surface area contributed by atoms with Gasteiger partial charge in [-0.05, 0) is 24.3 Å². The third-order valence-corrected chi connectivity index (χ3v) is 2.94. The Kier molecular flexibility index (Phi) is 3.87. The smallest absolute Gasteiger partial charge is 0.256 e. The van der Waals surface area contributed by atoms with Gasteiger partial charge >= 0.3 is 0 Å². The Bertz CT molecular complexity index is 608. The van der Waals surface area contributed by atoms with E-state index in [2.05, 4.69) is 10.3 Å². The molecule has 0 radical (unpaired) electrons. The molecule has 1 amide bonds. The first-order valence-electron chi connectivity index (χ1n) is 5.15. The predicted molar refractivity (Wildman–Crippen MR) is 73.0 cm³/mol. The number of anilines is 2. The fourth-order valence-corrected chi connectivity index (χ4v) is 1.84. The van der Waals surface area contributed by atoms with Gasteiger partial charge in [0.2, 0.25) is 0 Å². The van der Waals surface area contributed by atoms with Crippen LogP contribution in [0.4, 0.5) is 15.9 Å². The molecule has 0 fully saturated rings. The minimum Gasteiger partial charge on any atom is -0.396 e. The predicted octanol–water partition coefficient (Wildman–Crippen LogP) is 3.36. The van der Waals surface area contributed by atoms with E-state index in [0.29, 0.717) is 0 Å². The molecule has 2 aromatic rings. The fraction of sp³-hybridized carbons (Fsp3) is 0. The fourth-order valence-electron chi connectivity index (χ4n) is 1.35. The van der Waals surface area contributed by atoms with Gasteiger partial charge in [-0.15, -0.1) is 0 Å². The molecular weight excluding hydrogens is 292 g/mol. The highest BCUT2D eigenvalue weighted by molar-refractivity contribution is 6.39. The summed E-state index contributed by atoms with van der Waals surface area (Å²) in [7, 11) is 0. The normalized spacial score (nSPS) is 10.3. The average molecular weight is 300 g/mol. The van der Waals surface area contributed by atoms with Gasteiger partial charge in [-0.2, -0.15) is 0 Å². The van der Waals surface area contributed by atoms with E-state index in [1.807, 2.05) is 0 Å². The number of carbonyl (C=O) groups is 1. The highest BCUT2D eigenvalue weighted by atomic mass is 35.5. The van der Waals surface area contributed by atoms with Gasteiger partial charge in [0, 0.05) is 5.56 Å². The van der Waals surface area contributed by atoms with Crippen molar-refractivity contribution in [3.63, 3.8) is 0 Å². The summed E-state index contributed by atoms with van der Waals surface area (Å²) < 4.78 is 12.7. The lowest BCUT2D eigenvalue weighted by Gasteiger charge is -2.07. The lowest BCUT2D eigenvalue weighted by atomic mass is 10.2. The zero-order chi connectivity index (χ0) is 14.0. The quantitative estimate of drug-likeness (QED) is 0.836. The minimum atomic E-state index is -0.489. The molecule has 98 valence electrons. The van der Waals surface area contributed by atoms with Gasteiger partial charge in [0.1, 0.15) is 11.6 Å². The van der Waals surface area contributed by atoms with Crippen LogP contribution in [-0.2, 0) is 0 Å². The summed E-state index contributed by atoms with van der Waals surface area (Å²) >= 11 is 11.7. The highest BCUT2D eigenvalue weighted by Crippen LogP contribution is 2.29. The van der Waals surface area contributed by atoms with Gasteiger partial charge in [-0.1, -0.05) is 23.2 Å². The zero-order valence-corrected chi connectivity index (χ0v) is 11.0. The van der Waals surface area contributed by atoms with E-state index in [4.69, 9.17) is 28.9 Å². The molecule has 0 atom stereocenters. The summed E-state index contributed by atoms with van der Waals surface area (Å²) in [6, 6.07) is 5.31. The average Bonchev–Trinajstić information content (AvgIpc) is 2.38. The first-order chi connectivity index (χ1) is 8.97. The van der Waals surface area contributed by atoms with Crippen LogP contribution in [0, 0.1) is 5.82 Å². The molecule has 0 saturated carbocycles. The first-order valence-corrected chi connectivity index (χ1v) is 5.90. The Morgan fingerprint density at radius 3 is 2.42 bits per heavy atom.